The molecule has 0 radical (unpaired) electrons. The molecule has 2 N–H and O–H groups in total. The summed E-state index contributed by atoms with van der Waals surface area (Å²) in [5.41, 5.74) is 5.71. The molecule has 0 saturated heterocycles. The van der Waals surface area contributed by atoms with E-state index in [0.717, 1.165) is 19.3 Å². The third kappa shape index (κ3) is 2.79. The molecule has 0 spiro atoms. The van der Waals surface area contributed by atoms with Crippen LogP contribution in [0.5, 0.6) is 18.0 Å². The monoisotopic (exact) mass is 254 g/mol. The van der Waals surface area contributed by atoms with Crippen LogP contribution < -0.4 is 19.9 Å². The molecule has 2 atom stereocenters. The van der Waals surface area contributed by atoms with Crippen LogP contribution in [0.4, 0.5) is 0 Å². The smallest absolute Gasteiger partial charge is 0.326 e. The van der Waals surface area contributed by atoms with Crippen LogP contribution in [0.2, 0.25) is 0 Å². The van der Waals surface area contributed by atoms with Crippen LogP contribution in [-0.2, 0) is 0 Å². The highest BCUT2D eigenvalue weighted by molar-refractivity contribution is 5.09. The van der Waals surface area contributed by atoms with Gasteiger partial charge in [0.2, 0.25) is 0 Å². The highest BCUT2D eigenvalue weighted by Gasteiger charge is 2.29. The second-order valence-corrected chi connectivity index (χ2v) is 4.17. The van der Waals surface area contributed by atoms with Gasteiger partial charge in [-0.05, 0) is 25.8 Å². The Morgan fingerprint density at radius 1 is 1.06 bits per heavy atom. The highest BCUT2D eigenvalue weighted by atomic mass is 16.5. The van der Waals surface area contributed by atoms with Crippen LogP contribution in [0.1, 0.15) is 19.3 Å². The number of hydrogen-bond acceptors (Lipinski definition) is 7. The molecule has 1 saturated carbocycles. The van der Waals surface area contributed by atoms with Crippen LogP contribution in [0.15, 0.2) is 0 Å². The summed E-state index contributed by atoms with van der Waals surface area (Å²) in [7, 11) is 2.97. The average molecular weight is 254 g/mol. The molecule has 7 heteroatoms. The van der Waals surface area contributed by atoms with Crippen LogP contribution in [0.3, 0.4) is 0 Å². The van der Waals surface area contributed by atoms with Crippen molar-refractivity contribution in [2.45, 2.75) is 25.4 Å². The number of ether oxygens (including phenoxy) is 3. The van der Waals surface area contributed by atoms with E-state index in [4.69, 9.17) is 19.9 Å². The Labute approximate surface area is 106 Å². The second kappa shape index (κ2) is 5.81. The van der Waals surface area contributed by atoms with Crippen molar-refractivity contribution in [1.29, 1.82) is 0 Å². The first-order valence-corrected chi connectivity index (χ1v) is 5.97. The second-order valence-electron chi connectivity index (χ2n) is 4.17. The predicted octanol–water partition coefficient (Wildman–Crippen LogP) is 0.395. The molecule has 1 aromatic heterocycles. The minimum Gasteiger partial charge on any atom is -0.467 e. The van der Waals surface area contributed by atoms with Crippen molar-refractivity contribution < 1.29 is 14.2 Å². The van der Waals surface area contributed by atoms with Crippen LogP contribution in [-0.4, -0.2) is 41.8 Å². The Bertz CT molecular complexity index is 380. The molecule has 1 heterocycles. The molecule has 2 rings (SSSR count). The summed E-state index contributed by atoms with van der Waals surface area (Å²) in [5.74, 6) is 0.360. The van der Waals surface area contributed by atoms with Crippen molar-refractivity contribution in [2.75, 3.05) is 20.8 Å². The minimum absolute atomic E-state index is 0.0619. The number of methoxy groups -OCH3 is 2. The van der Waals surface area contributed by atoms with Gasteiger partial charge in [0.15, 0.2) is 0 Å². The van der Waals surface area contributed by atoms with Gasteiger partial charge in [0.25, 0.3) is 0 Å². The van der Waals surface area contributed by atoms with Gasteiger partial charge in [0.1, 0.15) is 6.10 Å². The first kappa shape index (κ1) is 12.8. The molecule has 0 amide bonds. The fraction of sp³-hybridized carbons (Fsp3) is 0.727. The van der Waals surface area contributed by atoms with Gasteiger partial charge in [-0.15, -0.1) is 15.0 Å². The van der Waals surface area contributed by atoms with Gasteiger partial charge in [-0.2, -0.15) is 0 Å². The molecular weight excluding hydrogens is 236 g/mol. The largest absolute Gasteiger partial charge is 0.467 e. The minimum atomic E-state index is 0.0619. The SMILES string of the molecule is COc1nc(OC)nc(OC2CCCC2CN)n1. The van der Waals surface area contributed by atoms with Crippen LogP contribution >= 0.6 is 0 Å². The summed E-state index contributed by atoms with van der Waals surface area (Å²) in [5, 5.41) is 0. The van der Waals surface area contributed by atoms with Gasteiger partial charge in [-0.25, -0.2) is 0 Å². The van der Waals surface area contributed by atoms with Gasteiger partial charge in [-0.3, -0.25) is 0 Å². The van der Waals surface area contributed by atoms with E-state index in [1.807, 2.05) is 0 Å². The lowest BCUT2D eigenvalue weighted by atomic mass is 10.1. The number of aromatic nitrogens is 3. The molecule has 0 aromatic carbocycles. The molecule has 0 aliphatic heterocycles. The van der Waals surface area contributed by atoms with E-state index >= 15 is 0 Å². The maximum atomic E-state index is 5.76. The van der Waals surface area contributed by atoms with E-state index in [1.165, 1.54) is 14.2 Å². The maximum absolute atomic E-state index is 5.76. The topological polar surface area (TPSA) is 92.4 Å². The lowest BCUT2D eigenvalue weighted by Crippen LogP contribution is -2.28. The number of rotatable bonds is 5. The molecule has 1 aliphatic carbocycles. The quantitative estimate of drug-likeness (QED) is 0.812. The zero-order chi connectivity index (χ0) is 13.0. The molecule has 1 fully saturated rings. The normalized spacial score (nSPS) is 22.8. The Hall–Kier alpha value is -1.63. The standard InChI is InChI=1S/C11H18N4O3/c1-16-9-13-10(17-2)15-11(14-9)18-8-5-3-4-7(8)6-12/h7-8H,3-6,12H2,1-2H3. The molecule has 100 valence electrons. The molecular formula is C11H18N4O3. The van der Waals surface area contributed by atoms with E-state index in [0.29, 0.717) is 12.5 Å². The molecule has 7 nitrogen and oxygen atoms in total. The maximum Gasteiger partial charge on any atom is 0.326 e. The van der Waals surface area contributed by atoms with E-state index in [9.17, 15) is 0 Å². The summed E-state index contributed by atoms with van der Waals surface area (Å²) in [4.78, 5) is 12.0. The summed E-state index contributed by atoms with van der Waals surface area (Å²) in [6.45, 7) is 0.615. The van der Waals surface area contributed by atoms with E-state index < -0.39 is 0 Å². The highest BCUT2D eigenvalue weighted by Crippen LogP contribution is 2.28. The number of nitrogens with two attached hydrogens (primary N) is 1. The summed E-state index contributed by atoms with van der Waals surface area (Å²) < 4.78 is 15.7. The van der Waals surface area contributed by atoms with Gasteiger partial charge in [0, 0.05) is 5.92 Å². The summed E-state index contributed by atoms with van der Waals surface area (Å²) in [6, 6.07) is 0.586. The van der Waals surface area contributed by atoms with E-state index in [1.54, 1.807) is 0 Å². The van der Waals surface area contributed by atoms with Gasteiger partial charge in [-0.1, -0.05) is 0 Å². The Morgan fingerprint density at radius 3 is 2.22 bits per heavy atom. The molecule has 2 unspecified atom stereocenters. The van der Waals surface area contributed by atoms with E-state index in [-0.39, 0.29) is 24.1 Å². The Morgan fingerprint density at radius 2 is 1.67 bits per heavy atom. The fourth-order valence-electron chi connectivity index (χ4n) is 2.12. The number of nitrogens with zero attached hydrogens (tertiary/aromatic N) is 3. The fourth-order valence-corrected chi connectivity index (χ4v) is 2.12. The Balaban J connectivity index is 2.12. The number of hydrogen-bond donors (Lipinski definition) is 1. The van der Waals surface area contributed by atoms with E-state index in [2.05, 4.69) is 15.0 Å². The van der Waals surface area contributed by atoms with Crippen molar-refractivity contribution >= 4 is 0 Å². The van der Waals surface area contributed by atoms with Crippen molar-refractivity contribution in [3.63, 3.8) is 0 Å². The van der Waals surface area contributed by atoms with Crippen molar-refractivity contribution in [2.24, 2.45) is 11.7 Å². The van der Waals surface area contributed by atoms with Crippen LogP contribution in [0.25, 0.3) is 0 Å². The van der Waals surface area contributed by atoms with Gasteiger partial charge >= 0.3 is 18.0 Å². The molecule has 1 aliphatic rings. The molecule has 18 heavy (non-hydrogen) atoms. The lowest BCUT2D eigenvalue weighted by molar-refractivity contribution is 0.143. The third-order valence-corrected chi connectivity index (χ3v) is 3.09. The first-order chi connectivity index (χ1) is 8.76. The summed E-state index contributed by atoms with van der Waals surface area (Å²) >= 11 is 0. The summed E-state index contributed by atoms with van der Waals surface area (Å²) in [6.07, 6.45) is 3.23. The molecule has 0 bridgehead atoms. The van der Waals surface area contributed by atoms with Gasteiger partial charge in [0.05, 0.1) is 14.2 Å². The Kier molecular flexibility index (Phi) is 4.14. The van der Waals surface area contributed by atoms with Crippen LogP contribution in [0, 0.1) is 5.92 Å². The lowest BCUT2D eigenvalue weighted by Gasteiger charge is -2.18. The molecule has 1 aromatic rings. The predicted molar refractivity (Wildman–Crippen MR) is 63.7 cm³/mol. The average Bonchev–Trinajstić information content (AvgIpc) is 2.85. The van der Waals surface area contributed by atoms with Crippen molar-refractivity contribution in [1.82, 2.24) is 15.0 Å². The zero-order valence-electron chi connectivity index (χ0n) is 10.6. The van der Waals surface area contributed by atoms with Crippen molar-refractivity contribution in [3.05, 3.63) is 0 Å². The van der Waals surface area contributed by atoms with Crippen molar-refractivity contribution in [3.8, 4) is 18.0 Å². The first-order valence-electron chi connectivity index (χ1n) is 5.97. The third-order valence-electron chi connectivity index (χ3n) is 3.09. The van der Waals surface area contributed by atoms with Gasteiger partial charge < -0.3 is 19.9 Å². The zero-order valence-corrected chi connectivity index (χ0v) is 10.6.